The molecule has 0 spiro atoms. The number of hydrogen-bond acceptors (Lipinski definition) is 4. The zero-order chi connectivity index (χ0) is 15.9. The molecule has 0 saturated carbocycles. The third-order valence-electron chi connectivity index (χ3n) is 4.18. The number of ether oxygens (including phenoxy) is 1. The van der Waals surface area contributed by atoms with Crippen molar-refractivity contribution in [1.82, 2.24) is 9.80 Å². The Morgan fingerprint density at radius 2 is 1.86 bits per heavy atom. The molecule has 1 N–H and O–H groups in total. The Balaban J connectivity index is 1.79. The van der Waals surface area contributed by atoms with Gasteiger partial charge in [-0.1, -0.05) is 19.1 Å². The number of methoxy groups -OCH3 is 1. The fourth-order valence-electron chi connectivity index (χ4n) is 2.64. The second-order valence-corrected chi connectivity index (χ2v) is 5.77. The molecule has 1 aliphatic rings. The van der Waals surface area contributed by atoms with Crippen LogP contribution in [-0.4, -0.2) is 66.8 Å². The molecule has 1 aliphatic heterocycles. The zero-order valence-corrected chi connectivity index (χ0v) is 13.5. The van der Waals surface area contributed by atoms with Crippen molar-refractivity contribution in [2.45, 2.75) is 25.9 Å². The maximum absolute atomic E-state index is 12.3. The third-order valence-corrected chi connectivity index (χ3v) is 4.18. The van der Waals surface area contributed by atoms with Crippen LogP contribution in [-0.2, 0) is 11.2 Å². The first kappa shape index (κ1) is 16.8. The Labute approximate surface area is 132 Å². The lowest BCUT2D eigenvalue weighted by molar-refractivity contribution is -0.132. The van der Waals surface area contributed by atoms with Crippen molar-refractivity contribution in [3.63, 3.8) is 0 Å². The van der Waals surface area contributed by atoms with Crippen molar-refractivity contribution in [2.75, 3.05) is 39.8 Å². The van der Waals surface area contributed by atoms with Crippen molar-refractivity contribution >= 4 is 5.91 Å². The second kappa shape index (κ2) is 8.15. The van der Waals surface area contributed by atoms with Crippen LogP contribution >= 0.6 is 0 Å². The van der Waals surface area contributed by atoms with Gasteiger partial charge in [0.1, 0.15) is 5.75 Å². The Morgan fingerprint density at radius 3 is 2.41 bits per heavy atom. The van der Waals surface area contributed by atoms with Crippen LogP contribution < -0.4 is 4.74 Å². The van der Waals surface area contributed by atoms with Crippen LogP contribution in [0.3, 0.4) is 0 Å². The van der Waals surface area contributed by atoms with Crippen LogP contribution in [0.1, 0.15) is 18.9 Å². The van der Waals surface area contributed by atoms with Gasteiger partial charge >= 0.3 is 0 Å². The van der Waals surface area contributed by atoms with E-state index in [1.165, 1.54) is 0 Å². The number of carbonyl (C=O) groups excluding carboxylic acids is 1. The molecular formula is C17H26N2O3. The molecular weight excluding hydrogens is 280 g/mol. The van der Waals surface area contributed by atoms with E-state index in [1.807, 2.05) is 36.1 Å². The van der Waals surface area contributed by atoms with E-state index in [1.54, 1.807) is 7.11 Å². The fraction of sp³-hybridized carbons (Fsp3) is 0.588. The summed E-state index contributed by atoms with van der Waals surface area (Å²) in [4.78, 5) is 16.5. The molecule has 5 nitrogen and oxygen atoms in total. The van der Waals surface area contributed by atoms with Crippen LogP contribution in [0.15, 0.2) is 24.3 Å². The summed E-state index contributed by atoms with van der Waals surface area (Å²) in [5.74, 6) is 0.972. The number of amides is 1. The summed E-state index contributed by atoms with van der Waals surface area (Å²) in [6, 6.07) is 7.63. The molecule has 0 aliphatic carbocycles. The van der Waals surface area contributed by atoms with Gasteiger partial charge in [-0.05, 0) is 24.1 Å². The molecule has 1 fully saturated rings. The molecule has 0 radical (unpaired) electrons. The number of nitrogens with zero attached hydrogens (tertiary/aromatic N) is 2. The van der Waals surface area contributed by atoms with Crippen molar-refractivity contribution in [2.24, 2.45) is 0 Å². The highest BCUT2D eigenvalue weighted by atomic mass is 16.5. The van der Waals surface area contributed by atoms with Gasteiger partial charge in [0.25, 0.3) is 0 Å². The SMILES string of the molecule is CCC(O)CN1CCN(C(=O)Cc2ccc(OC)cc2)CC1. The van der Waals surface area contributed by atoms with Crippen LogP contribution in [0.4, 0.5) is 0 Å². The lowest BCUT2D eigenvalue weighted by Crippen LogP contribution is -2.50. The summed E-state index contributed by atoms with van der Waals surface area (Å²) in [6.45, 7) is 5.85. The van der Waals surface area contributed by atoms with Crippen molar-refractivity contribution in [3.05, 3.63) is 29.8 Å². The van der Waals surface area contributed by atoms with Crippen molar-refractivity contribution in [1.29, 1.82) is 0 Å². The highest BCUT2D eigenvalue weighted by Gasteiger charge is 2.22. The molecule has 1 amide bonds. The molecule has 22 heavy (non-hydrogen) atoms. The highest BCUT2D eigenvalue weighted by molar-refractivity contribution is 5.78. The number of hydrogen-bond donors (Lipinski definition) is 1. The van der Waals surface area contributed by atoms with Gasteiger partial charge in [-0.15, -0.1) is 0 Å². The fourth-order valence-corrected chi connectivity index (χ4v) is 2.64. The maximum atomic E-state index is 12.3. The molecule has 1 atom stereocenters. The minimum atomic E-state index is -0.262. The van der Waals surface area contributed by atoms with Gasteiger partial charge in [0.15, 0.2) is 0 Å². The monoisotopic (exact) mass is 306 g/mol. The summed E-state index contributed by atoms with van der Waals surface area (Å²) in [5, 5.41) is 9.69. The Hall–Kier alpha value is -1.59. The second-order valence-electron chi connectivity index (χ2n) is 5.77. The first-order chi connectivity index (χ1) is 10.6. The van der Waals surface area contributed by atoms with Gasteiger partial charge in [0, 0.05) is 32.7 Å². The molecule has 1 aromatic carbocycles. The van der Waals surface area contributed by atoms with Crippen molar-refractivity contribution in [3.8, 4) is 5.75 Å². The van der Waals surface area contributed by atoms with Gasteiger partial charge in [-0.3, -0.25) is 9.69 Å². The predicted octanol–water partition coefficient (Wildman–Crippen LogP) is 1.15. The van der Waals surface area contributed by atoms with Gasteiger partial charge in [-0.2, -0.15) is 0 Å². The Morgan fingerprint density at radius 1 is 1.23 bits per heavy atom. The number of β-amino-alcohol motifs (C(OH)–C–C–N with tert-alkyl or cyclic N) is 1. The standard InChI is InChI=1S/C17H26N2O3/c1-3-15(20)13-18-8-10-19(11-9-18)17(21)12-14-4-6-16(22-2)7-5-14/h4-7,15,20H,3,8-13H2,1-2H3. The molecule has 0 bridgehead atoms. The lowest BCUT2D eigenvalue weighted by Gasteiger charge is -2.35. The van der Waals surface area contributed by atoms with E-state index >= 15 is 0 Å². The van der Waals surface area contributed by atoms with Gasteiger partial charge < -0.3 is 14.7 Å². The molecule has 0 aromatic heterocycles. The smallest absolute Gasteiger partial charge is 0.227 e. The number of aliphatic hydroxyl groups excluding tert-OH is 1. The van der Waals surface area contributed by atoms with E-state index in [4.69, 9.17) is 4.74 Å². The van der Waals surface area contributed by atoms with Crippen LogP contribution in [0.5, 0.6) is 5.75 Å². The summed E-state index contributed by atoms with van der Waals surface area (Å²) in [7, 11) is 1.63. The number of aliphatic hydroxyl groups is 1. The van der Waals surface area contributed by atoms with Crippen LogP contribution in [0, 0.1) is 0 Å². The quantitative estimate of drug-likeness (QED) is 0.857. The van der Waals surface area contributed by atoms with E-state index in [0.717, 1.165) is 43.9 Å². The number of carbonyl (C=O) groups is 1. The summed E-state index contributed by atoms with van der Waals surface area (Å²) < 4.78 is 5.12. The minimum Gasteiger partial charge on any atom is -0.497 e. The molecule has 5 heteroatoms. The summed E-state index contributed by atoms with van der Waals surface area (Å²) in [5.41, 5.74) is 1.01. The Bertz CT molecular complexity index is 467. The van der Waals surface area contributed by atoms with Gasteiger partial charge in [0.05, 0.1) is 19.6 Å². The highest BCUT2D eigenvalue weighted by Crippen LogP contribution is 2.13. The number of piperazine rings is 1. The van der Waals surface area contributed by atoms with E-state index < -0.39 is 0 Å². The van der Waals surface area contributed by atoms with Crippen molar-refractivity contribution < 1.29 is 14.6 Å². The molecule has 1 heterocycles. The average Bonchev–Trinajstić information content (AvgIpc) is 2.56. The van der Waals surface area contributed by atoms with E-state index in [9.17, 15) is 9.90 Å². The van der Waals surface area contributed by atoms with Crippen LogP contribution in [0.2, 0.25) is 0 Å². The van der Waals surface area contributed by atoms with E-state index in [0.29, 0.717) is 13.0 Å². The summed E-state index contributed by atoms with van der Waals surface area (Å²) >= 11 is 0. The lowest BCUT2D eigenvalue weighted by atomic mass is 10.1. The normalized spacial score (nSPS) is 17.3. The number of benzene rings is 1. The van der Waals surface area contributed by atoms with Crippen LogP contribution in [0.25, 0.3) is 0 Å². The summed E-state index contributed by atoms with van der Waals surface area (Å²) in [6.07, 6.45) is 0.944. The molecule has 1 aromatic rings. The predicted molar refractivity (Wildman–Crippen MR) is 86.0 cm³/mol. The zero-order valence-electron chi connectivity index (χ0n) is 13.5. The minimum absolute atomic E-state index is 0.167. The maximum Gasteiger partial charge on any atom is 0.227 e. The molecule has 1 saturated heterocycles. The van der Waals surface area contributed by atoms with Gasteiger partial charge in [0.2, 0.25) is 5.91 Å². The topological polar surface area (TPSA) is 53.0 Å². The number of rotatable bonds is 6. The average molecular weight is 306 g/mol. The largest absolute Gasteiger partial charge is 0.497 e. The van der Waals surface area contributed by atoms with E-state index in [-0.39, 0.29) is 12.0 Å². The Kier molecular flexibility index (Phi) is 6.21. The van der Waals surface area contributed by atoms with E-state index in [2.05, 4.69) is 4.90 Å². The molecule has 122 valence electrons. The van der Waals surface area contributed by atoms with Gasteiger partial charge in [-0.25, -0.2) is 0 Å². The molecule has 1 unspecified atom stereocenters. The molecule has 2 rings (SSSR count). The third kappa shape index (κ3) is 4.71. The first-order valence-corrected chi connectivity index (χ1v) is 7.93. The first-order valence-electron chi connectivity index (χ1n) is 7.93.